The maximum absolute atomic E-state index is 3.73. The van der Waals surface area contributed by atoms with Crippen molar-refractivity contribution < 1.29 is 0 Å². The molecule has 0 spiro atoms. The predicted molar refractivity (Wildman–Crippen MR) is 77.8 cm³/mol. The fourth-order valence-electron chi connectivity index (χ4n) is 2.34. The highest BCUT2D eigenvalue weighted by Crippen LogP contribution is 2.25. The summed E-state index contributed by atoms with van der Waals surface area (Å²) in [5.74, 6) is 0.586. The molecule has 0 heterocycles. The van der Waals surface area contributed by atoms with Crippen LogP contribution in [0.25, 0.3) is 0 Å². The van der Waals surface area contributed by atoms with E-state index in [-0.39, 0.29) is 0 Å². The summed E-state index contributed by atoms with van der Waals surface area (Å²) in [5.41, 5.74) is 2.76. The van der Waals surface area contributed by atoms with Crippen molar-refractivity contribution in [2.24, 2.45) is 0 Å². The maximum atomic E-state index is 3.73. The molecule has 0 saturated heterocycles. The van der Waals surface area contributed by atoms with Gasteiger partial charge < -0.3 is 5.32 Å². The molecule has 0 atom stereocenters. The van der Waals surface area contributed by atoms with E-state index >= 15 is 0 Å². The van der Waals surface area contributed by atoms with Crippen LogP contribution in [0.1, 0.15) is 64.9 Å². The van der Waals surface area contributed by atoms with Gasteiger partial charge in [-0.3, -0.25) is 0 Å². The molecule has 0 fully saturated rings. The van der Waals surface area contributed by atoms with Gasteiger partial charge in [0.25, 0.3) is 0 Å². The molecule has 0 aliphatic heterocycles. The van der Waals surface area contributed by atoms with E-state index in [0.717, 1.165) is 0 Å². The predicted octanol–water partition coefficient (Wildman–Crippen LogP) is 5.19. The van der Waals surface area contributed by atoms with Crippen molar-refractivity contribution in [3.8, 4) is 0 Å². The van der Waals surface area contributed by atoms with Crippen LogP contribution in [0.2, 0.25) is 0 Å². The van der Waals surface area contributed by atoms with E-state index in [9.17, 15) is 0 Å². The Bertz CT molecular complexity index is 311. The molecule has 0 saturated carbocycles. The summed E-state index contributed by atoms with van der Waals surface area (Å²) >= 11 is 0. The SMILES string of the molecule is CCCC(CCC)Nc1ccccc1C(C)C. The summed E-state index contributed by atoms with van der Waals surface area (Å²) in [6, 6.07) is 9.35. The van der Waals surface area contributed by atoms with Crippen molar-refractivity contribution in [3.05, 3.63) is 29.8 Å². The number of benzene rings is 1. The minimum atomic E-state index is 0.586. The fraction of sp³-hybridized carbons (Fsp3) is 0.625. The number of hydrogen-bond donors (Lipinski definition) is 1. The zero-order valence-corrected chi connectivity index (χ0v) is 11.8. The van der Waals surface area contributed by atoms with Crippen molar-refractivity contribution in [2.45, 2.75) is 65.3 Å². The smallest absolute Gasteiger partial charge is 0.0377 e. The second-order valence-corrected chi connectivity index (χ2v) is 5.16. The minimum absolute atomic E-state index is 0.586. The van der Waals surface area contributed by atoms with Gasteiger partial charge in [-0.15, -0.1) is 0 Å². The zero-order valence-electron chi connectivity index (χ0n) is 11.8. The first-order chi connectivity index (χ1) is 8.19. The third-order valence-corrected chi connectivity index (χ3v) is 3.22. The third-order valence-electron chi connectivity index (χ3n) is 3.22. The van der Waals surface area contributed by atoms with Crippen LogP contribution in [0.5, 0.6) is 0 Å². The van der Waals surface area contributed by atoms with E-state index in [1.54, 1.807) is 0 Å². The van der Waals surface area contributed by atoms with Crippen molar-refractivity contribution in [2.75, 3.05) is 5.32 Å². The molecule has 0 amide bonds. The van der Waals surface area contributed by atoms with Crippen molar-refractivity contribution in [1.29, 1.82) is 0 Å². The normalized spacial score (nSPS) is 11.2. The molecule has 0 bridgehead atoms. The topological polar surface area (TPSA) is 12.0 Å². The van der Waals surface area contributed by atoms with Crippen LogP contribution in [0.3, 0.4) is 0 Å². The molecule has 96 valence electrons. The van der Waals surface area contributed by atoms with Crippen LogP contribution in [-0.2, 0) is 0 Å². The number of para-hydroxylation sites is 1. The van der Waals surface area contributed by atoms with Crippen LogP contribution in [0, 0.1) is 0 Å². The molecule has 1 rings (SSSR count). The monoisotopic (exact) mass is 233 g/mol. The van der Waals surface area contributed by atoms with Crippen LogP contribution in [-0.4, -0.2) is 6.04 Å². The Morgan fingerprint density at radius 1 is 1.00 bits per heavy atom. The van der Waals surface area contributed by atoms with E-state index < -0.39 is 0 Å². The molecule has 1 nitrogen and oxygen atoms in total. The Balaban J connectivity index is 2.77. The van der Waals surface area contributed by atoms with Crippen LogP contribution >= 0.6 is 0 Å². The standard InChI is InChI=1S/C16H27N/c1-5-9-14(10-6-2)17-16-12-8-7-11-15(16)13(3)4/h7-8,11-14,17H,5-6,9-10H2,1-4H3. The summed E-state index contributed by atoms with van der Waals surface area (Å²) in [5, 5.41) is 3.73. The number of rotatable bonds is 7. The van der Waals surface area contributed by atoms with Gasteiger partial charge in [-0.05, 0) is 30.4 Å². The van der Waals surface area contributed by atoms with Gasteiger partial charge in [-0.25, -0.2) is 0 Å². The molecule has 17 heavy (non-hydrogen) atoms. The van der Waals surface area contributed by atoms with Crippen LogP contribution in [0.4, 0.5) is 5.69 Å². The molecule has 1 aromatic carbocycles. The molecule has 1 heteroatoms. The molecule has 1 aromatic rings. The molecular formula is C16H27N. The molecule has 1 N–H and O–H groups in total. The summed E-state index contributed by atoms with van der Waals surface area (Å²) in [7, 11) is 0. The van der Waals surface area contributed by atoms with Gasteiger partial charge >= 0.3 is 0 Å². The lowest BCUT2D eigenvalue weighted by Crippen LogP contribution is -2.20. The minimum Gasteiger partial charge on any atom is -0.382 e. The Morgan fingerprint density at radius 3 is 2.12 bits per heavy atom. The average molecular weight is 233 g/mol. The first kappa shape index (κ1) is 14.1. The fourth-order valence-corrected chi connectivity index (χ4v) is 2.34. The van der Waals surface area contributed by atoms with E-state index in [4.69, 9.17) is 0 Å². The second kappa shape index (κ2) is 7.37. The van der Waals surface area contributed by atoms with Gasteiger partial charge in [0.2, 0.25) is 0 Å². The number of nitrogens with one attached hydrogen (secondary N) is 1. The van der Waals surface area contributed by atoms with E-state index in [2.05, 4.69) is 57.3 Å². The van der Waals surface area contributed by atoms with Gasteiger partial charge in [0.15, 0.2) is 0 Å². The Kier molecular flexibility index (Phi) is 6.10. The largest absolute Gasteiger partial charge is 0.382 e. The molecule has 0 radical (unpaired) electrons. The van der Waals surface area contributed by atoms with Gasteiger partial charge in [0, 0.05) is 11.7 Å². The second-order valence-electron chi connectivity index (χ2n) is 5.16. The maximum Gasteiger partial charge on any atom is 0.0377 e. The lowest BCUT2D eigenvalue weighted by atomic mass is 9.99. The Labute approximate surface area is 107 Å². The van der Waals surface area contributed by atoms with E-state index in [1.165, 1.54) is 36.9 Å². The van der Waals surface area contributed by atoms with Crippen LogP contribution < -0.4 is 5.32 Å². The van der Waals surface area contributed by atoms with Gasteiger partial charge in [-0.2, -0.15) is 0 Å². The molecule has 0 aliphatic carbocycles. The molecular weight excluding hydrogens is 206 g/mol. The first-order valence-corrected chi connectivity index (χ1v) is 7.04. The summed E-state index contributed by atoms with van der Waals surface area (Å²) in [4.78, 5) is 0. The quantitative estimate of drug-likeness (QED) is 0.683. The van der Waals surface area contributed by atoms with Gasteiger partial charge in [-0.1, -0.05) is 58.7 Å². The van der Waals surface area contributed by atoms with Crippen molar-refractivity contribution in [3.63, 3.8) is 0 Å². The summed E-state index contributed by atoms with van der Waals surface area (Å²) in [6.07, 6.45) is 5.03. The van der Waals surface area contributed by atoms with E-state index in [0.29, 0.717) is 12.0 Å². The Morgan fingerprint density at radius 2 is 1.59 bits per heavy atom. The van der Waals surface area contributed by atoms with Gasteiger partial charge in [0.05, 0.1) is 0 Å². The molecule has 0 aromatic heterocycles. The Hall–Kier alpha value is -0.980. The molecule has 0 aliphatic rings. The number of hydrogen-bond acceptors (Lipinski definition) is 1. The summed E-state index contributed by atoms with van der Waals surface area (Å²) < 4.78 is 0. The van der Waals surface area contributed by atoms with E-state index in [1.807, 2.05) is 0 Å². The first-order valence-electron chi connectivity index (χ1n) is 7.04. The average Bonchev–Trinajstić information content (AvgIpc) is 2.30. The van der Waals surface area contributed by atoms with Crippen LogP contribution in [0.15, 0.2) is 24.3 Å². The highest BCUT2D eigenvalue weighted by Gasteiger charge is 2.10. The third kappa shape index (κ3) is 4.41. The molecule has 0 unspecified atom stereocenters. The van der Waals surface area contributed by atoms with Gasteiger partial charge in [0.1, 0.15) is 0 Å². The highest BCUT2D eigenvalue weighted by molar-refractivity contribution is 5.53. The number of anilines is 1. The lowest BCUT2D eigenvalue weighted by Gasteiger charge is -2.22. The highest BCUT2D eigenvalue weighted by atomic mass is 14.9. The van der Waals surface area contributed by atoms with Crippen molar-refractivity contribution in [1.82, 2.24) is 0 Å². The lowest BCUT2D eigenvalue weighted by molar-refractivity contribution is 0.585. The van der Waals surface area contributed by atoms with Crippen molar-refractivity contribution >= 4 is 5.69 Å². The summed E-state index contributed by atoms with van der Waals surface area (Å²) in [6.45, 7) is 9.04. The zero-order chi connectivity index (χ0) is 12.7.